The second-order valence-corrected chi connectivity index (χ2v) is 8.20. The average Bonchev–Trinajstić information content (AvgIpc) is 2.63. The molecular formula is C20H45N3O5. The van der Waals surface area contributed by atoms with Gasteiger partial charge in [-0.1, -0.05) is 6.92 Å². The zero-order valence-electron chi connectivity index (χ0n) is 19.1. The normalized spacial score (nSPS) is 18.6. The lowest BCUT2D eigenvalue weighted by molar-refractivity contribution is -0.255. The van der Waals surface area contributed by atoms with Crippen molar-refractivity contribution in [3.8, 4) is 0 Å². The second-order valence-electron chi connectivity index (χ2n) is 8.20. The van der Waals surface area contributed by atoms with Crippen molar-refractivity contribution in [1.29, 1.82) is 0 Å². The number of hydrogen-bond acceptors (Lipinski definition) is 8. The van der Waals surface area contributed by atoms with Gasteiger partial charge in [0.2, 0.25) is 0 Å². The number of ether oxygens (including phenoxy) is 3. The SMILES string of the molecule is CCCN(CCNC)CCNC[C@@](C)(COC)OC(C)(COC)[C@](C)(O)CO. The summed E-state index contributed by atoms with van der Waals surface area (Å²) in [6, 6.07) is 0. The summed E-state index contributed by atoms with van der Waals surface area (Å²) in [5.74, 6) is 0. The van der Waals surface area contributed by atoms with Crippen LogP contribution in [0.2, 0.25) is 0 Å². The summed E-state index contributed by atoms with van der Waals surface area (Å²) in [4.78, 5) is 2.42. The van der Waals surface area contributed by atoms with Crippen LogP contribution in [0.4, 0.5) is 0 Å². The minimum atomic E-state index is -1.46. The summed E-state index contributed by atoms with van der Waals surface area (Å²) < 4.78 is 17.0. The van der Waals surface area contributed by atoms with E-state index in [1.165, 1.54) is 0 Å². The smallest absolute Gasteiger partial charge is 0.120 e. The molecule has 0 heterocycles. The van der Waals surface area contributed by atoms with Crippen molar-refractivity contribution in [3.05, 3.63) is 0 Å². The van der Waals surface area contributed by atoms with E-state index in [0.717, 1.165) is 39.1 Å². The van der Waals surface area contributed by atoms with E-state index in [1.54, 1.807) is 28.1 Å². The Labute approximate surface area is 171 Å². The highest BCUT2D eigenvalue weighted by Gasteiger charge is 2.48. The van der Waals surface area contributed by atoms with Gasteiger partial charge in [-0.3, -0.25) is 0 Å². The standard InChI is InChI=1S/C20H45N3O5/c1-8-11-23(12-9-21-5)13-10-22-14-18(2,16-26-6)28-20(4,17-27-7)19(3,25)15-24/h21-22,24-25H,8-17H2,1-7H3/t18-,19+,20?/m0/s1. The minimum absolute atomic E-state index is 0.147. The van der Waals surface area contributed by atoms with Crippen molar-refractivity contribution in [1.82, 2.24) is 15.5 Å². The van der Waals surface area contributed by atoms with E-state index in [1.807, 2.05) is 14.0 Å². The van der Waals surface area contributed by atoms with Gasteiger partial charge in [0, 0.05) is 46.9 Å². The van der Waals surface area contributed by atoms with Crippen LogP contribution >= 0.6 is 0 Å². The minimum Gasteiger partial charge on any atom is -0.393 e. The number of hydrogen-bond donors (Lipinski definition) is 4. The molecule has 0 rings (SSSR count). The Balaban J connectivity index is 4.92. The number of methoxy groups -OCH3 is 2. The van der Waals surface area contributed by atoms with Crippen LogP contribution in [0.25, 0.3) is 0 Å². The summed E-state index contributed by atoms with van der Waals surface area (Å²) in [7, 11) is 5.14. The molecule has 0 aliphatic carbocycles. The first-order valence-electron chi connectivity index (χ1n) is 10.2. The third-order valence-electron chi connectivity index (χ3n) is 5.11. The zero-order chi connectivity index (χ0) is 21.7. The molecule has 4 N–H and O–H groups in total. The molecule has 0 aromatic rings. The average molecular weight is 408 g/mol. The summed E-state index contributed by atoms with van der Waals surface area (Å²) in [5, 5.41) is 26.9. The number of nitrogens with zero attached hydrogens (tertiary/aromatic N) is 1. The maximum atomic E-state index is 10.7. The van der Waals surface area contributed by atoms with Crippen molar-refractivity contribution < 1.29 is 24.4 Å². The number of rotatable bonds is 18. The molecule has 8 nitrogen and oxygen atoms in total. The molecule has 0 fully saturated rings. The van der Waals surface area contributed by atoms with Gasteiger partial charge >= 0.3 is 0 Å². The molecule has 0 spiro atoms. The van der Waals surface area contributed by atoms with Gasteiger partial charge in [-0.05, 0) is 40.8 Å². The lowest BCUT2D eigenvalue weighted by Crippen LogP contribution is -2.62. The molecule has 3 atom stereocenters. The maximum absolute atomic E-state index is 10.7. The fraction of sp³-hybridized carbons (Fsp3) is 1.00. The molecule has 0 saturated carbocycles. The summed E-state index contributed by atoms with van der Waals surface area (Å²) >= 11 is 0. The Morgan fingerprint density at radius 3 is 2.07 bits per heavy atom. The maximum Gasteiger partial charge on any atom is 0.120 e. The first-order chi connectivity index (χ1) is 13.1. The molecule has 0 aromatic carbocycles. The first kappa shape index (κ1) is 27.7. The van der Waals surface area contributed by atoms with Crippen LogP contribution in [-0.4, -0.2) is 112 Å². The number of aliphatic hydroxyl groups excluding tert-OH is 1. The van der Waals surface area contributed by atoms with Gasteiger partial charge in [0.1, 0.15) is 16.8 Å². The monoisotopic (exact) mass is 407 g/mol. The van der Waals surface area contributed by atoms with Gasteiger partial charge in [0.05, 0.1) is 19.8 Å². The second kappa shape index (κ2) is 13.8. The van der Waals surface area contributed by atoms with E-state index in [4.69, 9.17) is 14.2 Å². The largest absolute Gasteiger partial charge is 0.393 e. The van der Waals surface area contributed by atoms with Gasteiger partial charge in [-0.25, -0.2) is 0 Å². The molecule has 0 radical (unpaired) electrons. The Morgan fingerprint density at radius 1 is 0.964 bits per heavy atom. The molecule has 0 saturated heterocycles. The molecule has 8 heteroatoms. The molecule has 28 heavy (non-hydrogen) atoms. The lowest BCUT2D eigenvalue weighted by Gasteiger charge is -2.46. The molecule has 0 aromatic heterocycles. The van der Waals surface area contributed by atoms with E-state index >= 15 is 0 Å². The molecule has 0 bridgehead atoms. The molecule has 170 valence electrons. The summed E-state index contributed by atoms with van der Waals surface area (Å²) in [6.07, 6.45) is 1.12. The Hall–Kier alpha value is -0.320. The predicted octanol–water partition coefficient (Wildman–Crippen LogP) is 0.0775. The van der Waals surface area contributed by atoms with E-state index in [2.05, 4.69) is 22.5 Å². The molecule has 1 unspecified atom stereocenters. The topological polar surface area (TPSA) is 95.5 Å². The van der Waals surface area contributed by atoms with Crippen molar-refractivity contribution in [2.75, 3.05) is 80.4 Å². The molecule has 0 amide bonds. The number of aliphatic hydroxyl groups is 2. The van der Waals surface area contributed by atoms with Gasteiger partial charge in [0.25, 0.3) is 0 Å². The zero-order valence-corrected chi connectivity index (χ0v) is 19.1. The first-order valence-corrected chi connectivity index (χ1v) is 10.2. The van der Waals surface area contributed by atoms with Crippen molar-refractivity contribution in [2.45, 2.75) is 50.9 Å². The fourth-order valence-corrected chi connectivity index (χ4v) is 3.21. The van der Waals surface area contributed by atoms with Gasteiger partial charge in [-0.15, -0.1) is 0 Å². The summed E-state index contributed by atoms with van der Waals surface area (Å²) in [5.41, 5.74) is -3.24. The van der Waals surface area contributed by atoms with Crippen molar-refractivity contribution in [3.63, 3.8) is 0 Å². The van der Waals surface area contributed by atoms with Crippen LogP contribution in [0.3, 0.4) is 0 Å². The molecular weight excluding hydrogens is 362 g/mol. The number of likely N-dealkylation sites (N-methyl/N-ethyl adjacent to an activating group) is 1. The van der Waals surface area contributed by atoms with E-state index in [-0.39, 0.29) is 6.61 Å². The molecule has 0 aliphatic heterocycles. The van der Waals surface area contributed by atoms with Crippen LogP contribution in [0, 0.1) is 0 Å². The van der Waals surface area contributed by atoms with Crippen molar-refractivity contribution in [2.24, 2.45) is 0 Å². The third-order valence-corrected chi connectivity index (χ3v) is 5.11. The predicted molar refractivity (Wildman–Crippen MR) is 113 cm³/mol. The van der Waals surface area contributed by atoms with Crippen LogP contribution in [-0.2, 0) is 14.2 Å². The Bertz CT molecular complexity index is 400. The fourth-order valence-electron chi connectivity index (χ4n) is 3.21. The van der Waals surface area contributed by atoms with Gasteiger partial charge in [0.15, 0.2) is 0 Å². The van der Waals surface area contributed by atoms with Crippen LogP contribution in [0.5, 0.6) is 0 Å². The van der Waals surface area contributed by atoms with Crippen molar-refractivity contribution >= 4 is 0 Å². The summed E-state index contributed by atoms with van der Waals surface area (Å²) in [6.45, 7) is 12.9. The highest BCUT2D eigenvalue weighted by atomic mass is 16.6. The Kier molecular flexibility index (Phi) is 13.7. The van der Waals surface area contributed by atoms with Crippen LogP contribution < -0.4 is 10.6 Å². The number of nitrogens with one attached hydrogen (secondary N) is 2. The van der Waals surface area contributed by atoms with E-state index in [0.29, 0.717) is 13.2 Å². The lowest BCUT2D eigenvalue weighted by atomic mass is 9.86. The van der Waals surface area contributed by atoms with E-state index in [9.17, 15) is 10.2 Å². The third kappa shape index (κ3) is 9.45. The van der Waals surface area contributed by atoms with Gasteiger partial charge < -0.3 is 40.0 Å². The Morgan fingerprint density at radius 2 is 1.57 bits per heavy atom. The highest BCUT2D eigenvalue weighted by Crippen LogP contribution is 2.31. The van der Waals surface area contributed by atoms with Crippen LogP contribution in [0.15, 0.2) is 0 Å². The van der Waals surface area contributed by atoms with Crippen LogP contribution in [0.1, 0.15) is 34.1 Å². The van der Waals surface area contributed by atoms with E-state index < -0.39 is 23.4 Å². The molecule has 0 aliphatic rings. The quantitative estimate of drug-likeness (QED) is 0.237. The van der Waals surface area contributed by atoms with Gasteiger partial charge in [-0.2, -0.15) is 0 Å². The highest BCUT2D eigenvalue weighted by molar-refractivity contribution is 4.98.